The van der Waals surface area contributed by atoms with Crippen molar-refractivity contribution in [3.05, 3.63) is 0 Å². The molecular weight excluding hydrogens is 256 g/mol. The number of hydrogen-bond acceptors (Lipinski definition) is 5. The van der Waals surface area contributed by atoms with Crippen molar-refractivity contribution in [2.24, 2.45) is 11.7 Å². The van der Waals surface area contributed by atoms with Gasteiger partial charge in [-0.15, -0.1) is 0 Å². The van der Waals surface area contributed by atoms with Crippen LogP contribution in [0.1, 0.15) is 13.3 Å². The van der Waals surface area contributed by atoms with E-state index in [0.29, 0.717) is 18.7 Å². The standard InChI is InChI=1S/C11H18N2O4S/c1-5(14)8-6-4-7(18-3-2-12)9(11(16)17)13(6)10(8)15/h5-9,14H,2-4,12H2,1H3,(H,16,17). The first-order valence-electron chi connectivity index (χ1n) is 6.03. The number of nitrogens with two attached hydrogens (primary N) is 1. The molecule has 102 valence electrons. The van der Waals surface area contributed by atoms with Gasteiger partial charge >= 0.3 is 5.97 Å². The van der Waals surface area contributed by atoms with Crippen LogP contribution in [0.5, 0.6) is 0 Å². The van der Waals surface area contributed by atoms with E-state index >= 15 is 0 Å². The normalized spacial score (nSPS) is 36.2. The third-order valence-electron chi connectivity index (χ3n) is 3.66. The minimum absolute atomic E-state index is 0.122. The van der Waals surface area contributed by atoms with Crippen molar-refractivity contribution in [1.82, 2.24) is 4.90 Å². The van der Waals surface area contributed by atoms with Crippen LogP contribution in [0.15, 0.2) is 0 Å². The molecule has 2 aliphatic heterocycles. The van der Waals surface area contributed by atoms with Gasteiger partial charge in [0.1, 0.15) is 6.04 Å². The molecule has 5 atom stereocenters. The molecule has 0 aromatic rings. The highest BCUT2D eigenvalue weighted by molar-refractivity contribution is 8.00. The average molecular weight is 274 g/mol. The summed E-state index contributed by atoms with van der Waals surface area (Å²) in [5.41, 5.74) is 5.43. The van der Waals surface area contributed by atoms with Crippen molar-refractivity contribution in [2.75, 3.05) is 12.3 Å². The number of carbonyl (C=O) groups excluding carboxylic acids is 1. The fourth-order valence-corrected chi connectivity index (χ4v) is 4.13. The van der Waals surface area contributed by atoms with Crippen LogP contribution in [-0.2, 0) is 9.59 Å². The summed E-state index contributed by atoms with van der Waals surface area (Å²) in [6.07, 6.45) is -0.0883. The van der Waals surface area contributed by atoms with Gasteiger partial charge in [0.2, 0.25) is 5.91 Å². The Balaban J connectivity index is 2.12. The highest BCUT2D eigenvalue weighted by Crippen LogP contribution is 2.45. The van der Waals surface area contributed by atoms with E-state index in [1.54, 1.807) is 6.92 Å². The number of hydrogen-bond donors (Lipinski definition) is 3. The molecule has 6 nitrogen and oxygen atoms in total. The van der Waals surface area contributed by atoms with Crippen LogP contribution in [0, 0.1) is 5.92 Å². The maximum atomic E-state index is 11.9. The predicted octanol–water partition coefficient (Wildman–Crippen LogP) is -0.888. The Kier molecular flexibility index (Phi) is 3.84. The van der Waals surface area contributed by atoms with Gasteiger partial charge in [-0.3, -0.25) is 4.79 Å². The minimum Gasteiger partial charge on any atom is -0.480 e. The number of carbonyl (C=O) groups is 2. The molecule has 1 amide bonds. The number of nitrogens with zero attached hydrogens (tertiary/aromatic N) is 1. The number of rotatable bonds is 5. The molecule has 2 saturated heterocycles. The molecule has 2 fully saturated rings. The molecule has 0 aromatic heterocycles. The van der Waals surface area contributed by atoms with Crippen LogP contribution >= 0.6 is 11.8 Å². The van der Waals surface area contributed by atoms with Crippen LogP contribution < -0.4 is 5.73 Å². The zero-order valence-corrected chi connectivity index (χ0v) is 11.0. The Labute approximate surface area is 110 Å². The van der Waals surface area contributed by atoms with Gasteiger partial charge in [0, 0.05) is 23.6 Å². The Morgan fingerprint density at radius 1 is 1.67 bits per heavy atom. The largest absolute Gasteiger partial charge is 0.480 e. The van der Waals surface area contributed by atoms with Crippen LogP contribution in [-0.4, -0.2) is 62.7 Å². The van der Waals surface area contributed by atoms with Crippen molar-refractivity contribution in [3.63, 3.8) is 0 Å². The number of fused-ring (bicyclic) bond motifs is 1. The highest BCUT2D eigenvalue weighted by Gasteiger charge is 2.60. The Bertz CT molecular complexity index is 363. The summed E-state index contributed by atoms with van der Waals surface area (Å²) in [4.78, 5) is 24.6. The number of carboxylic acids is 1. The lowest BCUT2D eigenvalue weighted by molar-refractivity contribution is -0.169. The molecule has 2 rings (SSSR count). The molecule has 7 heteroatoms. The van der Waals surface area contributed by atoms with Gasteiger partial charge in [0.15, 0.2) is 0 Å². The summed E-state index contributed by atoms with van der Waals surface area (Å²) >= 11 is 1.50. The van der Waals surface area contributed by atoms with Gasteiger partial charge in [-0.25, -0.2) is 4.79 Å². The summed E-state index contributed by atoms with van der Waals surface area (Å²) in [5, 5.41) is 18.7. The van der Waals surface area contributed by atoms with Crippen molar-refractivity contribution >= 4 is 23.6 Å². The minimum atomic E-state index is -0.968. The molecule has 0 radical (unpaired) electrons. The number of amides is 1. The van der Waals surface area contributed by atoms with Crippen LogP contribution in [0.3, 0.4) is 0 Å². The van der Waals surface area contributed by atoms with Crippen molar-refractivity contribution in [2.45, 2.75) is 36.8 Å². The first-order chi connectivity index (χ1) is 8.49. The molecule has 2 aliphatic rings. The van der Waals surface area contributed by atoms with Crippen molar-refractivity contribution < 1.29 is 19.8 Å². The monoisotopic (exact) mass is 274 g/mol. The van der Waals surface area contributed by atoms with Gasteiger partial charge in [-0.2, -0.15) is 11.8 Å². The zero-order valence-electron chi connectivity index (χ0n) is 10.2. The Hall–Kier alpha value is -0.790. The van der Waals surface area contributed by atoms with Gasteiger partial charge < -0.3 is 20.8 Å². The molecule has 0 saturated carbocycles. The van der Waals surface area contributed by atoms with Crippen molar-refractivity contribution in [1.29, 1.82) is 0 Å². The van der Waals surface area contributed by atoms with Gasteiger partial charge in [0.05, 0.1) is 12.0 Å². The smallest absolute Gasteiger partial charge is 0.327 e. The molecule has 0 aliphatic carbocycles. The van der Waals surface area contributed by atoms with E-state index in [0.717, 1.165) is 0 Å². The lowest BCUT2D eigenvalue weighted by atomic mass is 9.84. The Morgan fingerprint density at radius 2 is 2.33 bits per heavy atom. The fourth-order valence-electron chi connectivity index (χ4n) is 2.93. The third kappa shape index (κ3) is 2.00. The quantitative estimate of drug-likeness (QED) is 0.562. The molecule has 0 bridgehead atoms. The molecule has 5 unspecified atom stereocenters. The van der Waals surface area contributed by atoms with Crippen LogP contribution in [0.4, 0.5) is 0 Å². The second kappa shape index (κ2) is 5.07. The first-order valence-corrected chi connectivity index (χ1v) is 7.08. The summed E-state index contributed by atoms with van der Waals surface area (Å²) in [7, 11) is 0. The van der Waals surface area contributed by atoms with E-state index in [1.165, 1.54) is 16.7 Å². The summed E-state index contributed by atoms with van der Waals surface area (Å²) < 4.78 is 0. The number of thioether (sulfide) groups is 1. The van der Waals surface area contributed by atoms with Crippen LogP contribution in [0.2, 0.25) is 0 Å². The average Bonchev–Trinajstić information content (AvgIpc) is 2.60. The van der Waals surface area contributed by atoms with E-state index in [-0.39, 0.29) is 17.2 Å². The Morgan fingerprint density at radius 3 is 2.83 bits per heavy atom. The summed E-state index contributed by atoms with van der Waals surface area (Å²) in [6, 6.07) is -0.900. The van der Waals surface area contributed by atoms with E-state index < -0.39 is 24.0 Å². The topological polar surface area (TPSA) is 104 Å². The fraction of sp³-hybridized carbons (Fsp3) is 0.818. The van der Waals surface area contributed by atoms with Gasteiger partial charge in [-0.1, -0.05) is 0 Å². The number of aliphatic hydroxyl groups is 1. The highest BCUT2D eigenvalue weighted by atomic mass is 32.2. The maximum Gasteiger partial charge on any atom is 0.327 e. The number of carboxylic acid groups (broad SMARTS) is 1. The lowest BCUT2D eigenvalue weighted by Gasteiger charge is -2.45. The van der Waals surface area contributed by atoms with Gasteiger partial charge in [0.25, 0.3) is 0 Å². The van der Waals surface area contributed by atoms with E-state index in [9.17, 15) is 19.8 Å². The van der Waals surface area contributed by atoms with E-state index in [2.05, 4.69) is 0 Å². The summed E-state index contributed by atoms with van der Waals surface area (Å²) in [5.74, 6) is -0.958. The van der Waals surface area contributed by atoms with Crippen LogP contribution in [0.25, 0.3) is 0 Å². The molecule has 18 heavy (non-hydrogen) atoms. The lowest BCUT2D eigenvalue weighted by Crippen LogP contribution is -2.64. The number of aliphatic hydroxyl groups excluding tert-OH is 1. The SMILES string of the molecule is CC(O)C1C(=O)N2C1CC(SCCN)C2C(=O)O. The third-order valence-corrected chi connectivity index (χ3v) is 5.01. The zero-order chi connectivity index (χ0) is 13.4. The molecule has 2 heterocycles. The molecular formula is C11H18N2O4S. The molecule has 0 aromatic carbocycles. The molecule has 4 N–H and O–H groups in total. The predicted molar refractivity (Wildman–Crippen MR) is 67.1 cm³/mol. The van der Waals surface area contributed by atoms with Crippen molar-refractivity contribution in [3.8, 4) is 0 Å². The molecule has 0 spiro atoms. The maximum absolute atomic E-state index is 11.9. The number of aliphatic carboxylic acids is 1. The summed E-state index contributed by atoms with van der Waals surface area (Å²) in [6.45, 7) is 2.07. The van der Waals surface area contributed by atoms with E-state index in [4.69, 9.17) is 5.73 Å². The van der Waals surface area contributed by atoms with E-state index in [1.807, 2.05) is 0 Å². The number of β-lactam (4-membered cyclic amide) rings is 1. The van der Waals surface area contributed by atoms with Gasteiger partial charge in [-0.05, 0) is 13.3 Å². The first kappa shape index (κ1) is 13.6. The second-order valence-corrected chi connectivity index (χ2v) is 6.14. The second-order valence-electron chi connectivity index (χ2n) is 4.80.